The molecule has 3 aromatic rings. The molecule has 0 aliphatic rings. The zero-order valence-corrected chi connectivity index (χ0v) is 15.2. The Morgan fingerprint density at radius 3 is 2.25 bits per heavy atom. The molecule has 24 heavy (non-hydrogen) atoms. The van der Waals surface area contributed by atoms with E-state index in [4.69, 9.17) is 0 Å². The van der Waals surface area contributed by atoms with E-state index in [1.165, 1.54) is 22.4 Å². The molecule has 0 aliphatic heterocycles. The quantitative estimate of drug-likeness (QED) is 0.618. The summed E-state index contributed by atoms with van der Waals surface area (Å²) in [5, 5.41) is 0. The van der Waals surface area contributed by atoms with Crippen molar-refractivity contribution in [2.45, 2.75) is 33.1 Å². The van der Waals surface area contributed by atoms with E-state index in [1.54, 1.807) is 0 Å². The lowest BCUT2D eigenvalue weighted by Crippen LogP contribution is -2.30. The minimum absolute atomic E-state index is 0.130. The van der Waals surface area contributed by atoms with E-state index in [2.05, 4.69) is 99.0 Å². The minimum Gasteiger partial charge on any atom is -0.256 e. The van der Waals surface area contributed by atoms with E-state index in [9.17, 15) is 0 Å². The average molecular weight is 317 g/mol. The molecule has 0 N–H and O–H groups in total. The summed E-state index contributed by atoms with van der Waals surface area (Å²) >= 11 is 0. The molecule has 0 aliphatic carbocycles. The van der Waals surface area contributed by atoms with Crippen LogP contribution in [-0.4, -0.2) is 4.98 Å². The Balaban J connectivity index is 1.97. The van der Waals surface area contributed by atoms with E-state index in [0.29, 0.717) is 0 Å². The highest BCUT2D eigenvalue weighted by Gasteiger charge is 2.16. The van der Waals surface area contributed by atoms with Crippen molar-refractivity contribution in [2.75, 3.05) is 0 Å². The molecule has 0 amide bonds. The third-order valence-electron chi connectivity index (χ3n) is 4.48. The fourth-order valence-corrected chi connectivity index (χ4v) is 2.91. The number of pyridine rings is 2. The van der Waals surface area contributed by atoms with Crippen LogP contribution in [-0.2, 0) is 12.5 Å². The van der Waals surface area contributed by atoms with Crippen LogP contribution in [0.5, 0.6) is 0 Å². The Hall–Kier alpha value is -2.48. The van der Waals surface area contributed by atoms with Crippen LogP contribution in [0.2, 0.25) is 0 Å². The molecule has 0 unspecified atom stereocenters. The Labute approximate surface area is 144 Å². The monoisotopic (exact) mass is 317 g/mol. The number of hydrogen-bond acceptors (Lipinski definition) is 1. The molecular formula is C22H25N2+. The van der Waals surface area contributed by atoms with Gasteiger partial charge in [0.1, 0.15) is 7.05 Å². The molecule has 2 heteroatoms. The van der Waals surface area contributed by atoms with E-state index in [1.807, 2.05) is 6.20 Å². The van der Waals surface area contributed by atoms with Gasteiger partial charge >= 0.3 is 0 Å². The standard InChI is InChI=1S/C22H25N2/c1-16-8-6-7-9-19(16)21-13-10-17(15-24(21)5)20-12-11-18(14-23-20)22(2,3)4/h6-15H,1-5H3/q+1. The van der Waals surface area contributed by atoms with Crippen molar-refractivity contribution in [1.82, 2.24) is 4.98 Å². The zero-order valence-electron chi connectivity index (χ0n) is 15.2. The van der Waals surface area contributed by atoms with Crippen molar-refractivity contribution in [1.29, 1.82) is 0 Å². The van der Waals surface area contributed by atoms with Gasteiger partial charge in [-0.1, -0.05) is 45.0 Å². The van der Waals surface area contributed by atoms with Crippen LogP contribution >= 0.6 is 0 Å². The smallest absolute Gasteiger partial charge is 0.212 e. The van der Waals surface area contributed by atoms with E-state index >= 15 is 0 Å². The van der Waals surface area contributed by atoms with Crippen molar-refractivity contribution in [3.63, 3.8) is 0 Å². The Bertz CT molecular complexity index is 856. The highest BCUT2D eigenvalue weighted by molar-refractivity contribution is 5.64. The lowest BCUT2D eigenvalue weighted by molar-refractivity contribution is -0.659. The molecule has 0 fully saturated rings. The summed E-state index contributed by atoms with van der Waals surface area (Å²) in [7, 11) is 2.09. The van der Waals surface area contributed by atoms with Crippen molar-refractivity contribution in [3.8, 4) is 22.5 Å². The van der Waals surface area contributed by atoms with E-state index < -0.39 is 0 Å². The SMILES string of the molecule is Cc1ccccc1-c1ccc(-c2ccc(C(C)(C)C)cn2)c[n+]1C. The van der Waals surface area contributed by atoms with Crippen LogP contribution in [0.15, 0.2) is 60.9 Å². The van der Waals surface area contributed by atoms with Crippen LogP contribution in [0, 0.1) is 6.92 Å². The first-order chi connectivity index (χ1) is 11.4. The van der Waals surface area contributed by atoms with Crippen molar-refractivity contribution >= 4 is 0 Å². The normalized spacial score (nSPS) is 11.5. The van der Waals surface area contributed by atoms with Gasteiger partial charge in [0.2, 0.25) is 5.69 Å². The first kappa shape index (κ1) is 16.4. The molecule has 0 saturated carbocycles. The fourth-order valence-electron chi connectivity index (χ4n) is 2.91. The molecule has 0 radical (unpaired) electrons. The molecule has 0 saturated heterocycles. The van der Waals surface area contributed by atoms with Gasteiger partial charge in [-0.15, -0.1) is 0 Å². The molecule has 2 heterocycles. The lowest BCUT2D eigenvalue weighted by Gasteiger charge is -2.18. The van der Waals surface area contributed by atoms with Gasteiger partial charge in [0.25, 0.3) is 0 Å². The topological polar surface area (TPSA) is 16.8 Å². The third-order valence-corrected chi connectivity index (χ3v) is 4.48. The molecule has 1 aromatic carbocycles. The van der Waals surface area contributed by atoms with Crippen molar-refractivity contribution in [2.24, 2.45) is 7.05 Å². The first-order valence-corrected chi connectivity index (χ1v) is 8.39. The van der Waals surface area contributed by atoms with Crippen molar-refractivity contribution in [3.05, 3.63) is 72.1 Å². The molecule has 0 atom stereocenters. The van der Waals surface area contributed by atoms with Gasteiger partial charge in [-0.3, -0.25) is 4.98 Å². The number of aryl methyl sites for hydroxylation is 2. The summed E-state index contributed by atoms with van der Waals surface area (Å²) in [6, 6.07) is 17.1. The van der Waals surface area contributed by atoms with E-state index in [-0.39, 0.29) is 5.41 Å². The summed E-state index contributed by atoms with van der Waals surface area (Å²) in [6.45, 7) is 8.78. The van der Waals surface area contributed by atoms with Gasteiger partial charge in [0.15, 0.2) is 6.20 Å². The third kappa shape index (κ3) is 3.23. The second kappa shape index (κ2) is 6.20. The van der Waals surface area contributed by atoms with Gasteiger partial charge < -0.3 is 0 Å². The van der Waals surface area contributed by atoms with Crippen LogP contribution in [0.3, 0.4) is 0 Å². The Kier molecular flexibility index (Phi) is 4.23. The van der Waals surface area contributed by atoms with E-state index in [0.717, 1.165) is 11.3 Å². The number of nitrogens with zero attached hydrogens (tertiary/aromatic N) is 2. The second-order valence-corrected chi connectivity index (χ2v) is 7.41. The number of benzene rings is 1. The van der Waals surface area contributed by atoms with Gasteiger partial charge in [-0.2, -0.15) is 0 Å². The van der Waals surface area contributed by atoms with Crippen LogP contribution < -0.4 is 4.57 Å². The lowest BCUT2D eigenvalue weighted by atomic mass is 9.88. The summed E-state index contributed by atoms with van der Waals surface area (Å²) in [5.41, 5.74) is 7.29. The predicted molar refractivity (Wildman–Crippen MR) is 99.7 cm³/mol. The zero-order chi connectivity index (χ0) is 17.3. The minimum atomic E-state index is 0.130. The molecule has 122 valence electrons. The largest absolute Gasteiger partial charge is 0.256 e. The van der Waals surface area contributed by atoms with Gasteiger partial charge in [0, 0.05) is 17.8 Å². The summed E-state index contributed by atoms with van der Waals surface area (Å²) < 4.78 is 2.18. The predicted octanol–water partition coefficient (Wildman–Crippen LogP) is 4.85. The summed E-state index contributed by atoms with van der Waals surface area (Å²) in [5.74, 6) is 0. The number of aromatic nitrogens is 2. The number of hydrogen-bond donors (Lipinski definition) is 0. The van der Waals surface area contributed by atoms with Crippen LogP contribution in [0.25, 0.3) is 22.5 Å². The van der Waals surface area contributed by atoms with Crippen molar-refractivity contribution < 1.29 is 4.57 Å². The Morgan fingerprint density at radius 2 is 1.67 bits per heavy atom. The summed E-state index contributed by atoms with van der Waals surface area (Å²) in [4.78, 5) is 4.66. The van der Waals surface area contributed by atoms with Crippen LogP contribution in [0.1, 0.15) is 31.9 Å². The summed E-state index contributed by atoms with van der Waals surface area (Å²) in [6.07, 6.45) is 4.14. The Morgan fingerprint density at radius 1 is 0.917 bits per heavy atom. The van der Waals surface area contributed by atoms with Crippen LogP contribution in [0.4, 0.5) is 0 Å². The fraction of sp³-hybridized carbons (Fsp3) is 0.273. The number of rotatable bonds is 2. The van der Waals surface area contributed by atoms with Gasteiger partial charge in [0.05, 0.1) is 11.3 Å². The highest BCUT2D eigenvalue weighted by Crippen LogP contribution is 2.25. The maximum atomic E-state index is 4.66. The maximum Gasteiger partial charge on any atom is 0.212 e. The molecule has 2 aromatic heterocycles. The first-order valence-electron chi connectivity index (χ1n) is 8.39. The van der Waals surface area contributed by atoms with Gasteiger partial charge in [-0.05, 0) is 41.7 Å². The van der Waals surface area contributed by atoms with Gasteiger partial charge in [-0.25, -0.2) is 4.57 Å². The molecule has 0 spiro atoms. The second-order valence-electron chi connectivity index (χ2n) is 7.41. The highest BCUT2D eigenvalue weighted by atomic mass is 14.9. The molecular weight excluding hydrogens is 292 g/mol. The molecule has 0 bridgehead atoms. The molecule has 2 nitrogen and oxygen atoms in total. The molecule has 3 rings (SSSR count). The maximum absolute atomic E-state index is 4.66. The average Bonchev–Trinajstić information content (AvgIpc) is 2.55.